The number of esters is 1. The lowest BCUT2D eigenvalue weighted by molar-refractivity contribution is -0.143. The van der Waals surface area contributed by atoms with Gasteiger partial charge in [0.15, 0.2) is 11.5 Å². The summed E-state index contributed by atoms with van der Waals surface area (Å²) in [7, 11) is 3.09. The summed E-state index contributed by atoms with van der Waals surface area (Å²) >= 11 is 0. The Morgan fingerprint density at radius 1 is 1.17 bits per heavy atom. The highest BCUT2D eigenvalue weighted by Gasteiger charge is 2.25. The third-order valence-electron chi connectivity index (χ3n) is 3.85. The minimum Gasteiger partial charge on any atom is -0.493 e. The fourth-order valence-corrected chi connectivity index (χ4v) is 2.72. The molecule has 2 N–H and O–H groups in total. The molecule has 0 spiro atoms. The molecular weight excluding hydrogens is 312 g/mol. The molecule has 2 rings (SSSR count). The van der Waals surface area contributed by atoms with Crippen LogP contribution >= 0.6 is 0 Å². The van der Waals surface area contributed by atoms with Crippen LogP contribution in [0.2, 0.25) is 0 Å². The topological polar surface area (TPSA) is 93.4 Å². The summed E-state index contributed by atoms with van der Waals surface area (Å²) in [4.78, 5) is 24.2. The number of H-pyrrole nitrogens is 2. The van der Waals surface area contributed by atoms with E-state index in [1.807, 2.05) is 6.07 Å². The zero-order chi connectivity index (χ0) is 17.7. The van der Waals surface area contributed by atoms with Crippen LogP contribution < -0.4 is 15.0 Å². The third-order valence-corrected chi connectivity index (χ3v) is 3.85. The summed E-state index contributed by atoms with van der Waals surface area (Å²) < 4.78 is 15.6. The number of aromatic nitrogens is 2. The van der Waals surface area contributed by atoms with Crippen molar-refractivity contribution in [3.05, 3.63) is 45.4 Å². The minimum absolute atomic E-state index is 0.0606. The Labute approximate surface area is 139 Å². The molecule has 7 heteroatoms. The highest BCUT2D eigenvalue weighted by atomic mass is 16.5. The van der Waals surface area contributed by atoms with Crippen LogP contribution in [-0.4, -0.2) is 37.0 Å². The number of rotatable bonds is 7. The quantitative estimate of drug-likeness (QED) is 0.757. The summed E-state index contributed by atoms with van der Waals surface area (Å²) in [6.45, 7) is 3.82. The zero-order valence-electron chi connectivity index (χ0n) is 14.3. The summed E-state index contributed by atoms with van der Waals surface area (Å²) in [6, 6.07) is 5.34. The van der Waals surface area contributed by atoms with Crippen LogP contribution in [0.15, 0.2) is 23.0 Å². The zero-order valence-corrected chi connectivity index (χ0v) is 14.3. The molecule has 0 aliphatic rings. The number of nitrogens with one attached hydrogen (secondary N) is 2. The number of aromatic amines is 2. The Bertz CT molecular complexity index is 763. The van der Waals surface area contributed by atoms with E-state index in [0.29, 0.717) is 29.4 Å². The van der Waals surface area contributed by atoms with E-state index in [9.17, 15) is 9.59 Å². The highest BCUT2D eigenvalue weighted by Crippen LogP contribution is 2.34. The van der Waals surface area contributed by atoms with Gasteiger partial charge in [-0.15, -0.1) is 0 Å². The molecule has 0 unspecified atom stereocenters. The molecule has 24 heavy (non-hydrogen) atoms. The van der Waals surface area contributed by atoms with Gasteiger partial charge in [0.25, 0.3) is 5.56 Å². The average Bonchev–Trinajstić information content (AvgIpc) is 2.91. The van der Waals surface area contributed by atoms with Crippen molar-refractivity contribution in [1.82, 2.24) is 10.2 Å². The molecule has 0 fully saturated rings. The van der Waals surface area contributed by atoms with Crippen LogP contribution in [-0.2, 0) is 9.53 Å². The summed E-state index contributed by atoms with van der Waals surface area (Å²) in [5, 5.41) is 5.35. The number of carbonyl (C=O) groups is 1. The lowest BCUT2D eigenvalue weighted by Gasteiger charge is -2.17. The number of hydrogen-bond donors (Lipinski definition) is 2. The van der Waals surface area contributed by atoms with E-state index in [1.165, 1.54) is 7.11 Å². The molecule has 0 amide bonds. The molecule has 7 nitrogen and oxygen atoms in total. The second-order valence-electron chi connectivity index (χ2n) is 5.29. The van der Waals surface area contributed by atoms with Crippen molar-refractivity contribution in [2.75, 3.05) is 20.8 Å². The number of carbonyl (C=O) groups excluding carboxylic acids is 1. The summed E-state index contributed by atoms with van der Waals surface area (Å²) in [5.74, 6) is 0.306. The number of aryl methyl sites for hydroxylation is 1. The van der Waals surface area contributed by atoms with Crippen LogP contribution in [0.1, 0.15) is 36.1 Å². The van der Waals surface area contributed by atoms with Gasteiger partial charge in [-0.3, -0.25) is 14.7 Å². The van der Waals surface area contributed by atoms with Gasteiger partial charge >= 0.3 is 5.97 Å². The first kappa shape index (κ1) is 17.7. The average molecular weight is 334 g/mol. The lowest BCUT2D eigenvalue weighted by atomic mass is 9.88. The van der Waals surface area contributed by atoms with Crippen LogP contribution in [0, 0.1) is 6.92 Å². The van der Waals surface area contributed by atoms with E-state index in [1.54, 1.807) is 33.1 Å². The first-order valence-corrected chi connectivity index (χ1v) is 7.66. The smallest absolute Gasteiger partial charge is 0.306 e. The third kappa shape index (κ3) is 3.61. The van der Waals surface area contributed by atoms with Gasteiger partial charge in [-0.2, -0.15) is 0 Å². The number of hydrogen-bond acceptors (Lipinski definition) is 5. The highest BCUT2D eigenvalue weighted by molar-refractivity contribution is 5.71. The molecule has 1 heterocycles. The molecule has 0 radical (unpaired) electrons. The maximum Gasteiger partial charge on any atom is 0.306 e. The minimum atomic E-state index is -0.446. The Kier molecular flexibility index (Phi) is 5.68. The molecule has 130 valence electrons. The van der Waals surface area contributed by atoms with E-state index >= 15 is 0 Å². The molecule has 0 aliphatic heterocycles. The van der Waals surface area contributed by atoms with Crippen molar-refractivity contribution in [3.63, 3.8) is 0 Å². The lowest BCUT2D eigenvalue weighted by Crippen LogP contribution is -2.18. The van der Waals surface area contributed by atoms with E-state index in [4.69, 9.17) is 14.2 Å². The normalized spacial score (nSPS) is 11.8. The fraction of sp³-hybridized carbons (Fsp3) is 0.412. The molecule has 2 aromatic rings. The van der Waals surface area contributed by atoms with Gasteiger partial charge in [-0.25, -0.2) is 0 Å². The van der Waals surface area contributed by atoms with Crippen molar-refractivity contribution >= 4 is 5.97 Å². The van der Waals surface area contributed by atoms with E-state index < -0.39 is 5.92 Å². The van der Waals surface area contributed by atoms with E-state index in [0.717, 1.165) is 5.56 Å². The Hall–Kier alpha value is -2.70. The van der Waals surface area contributed by atoms with Crippen molar-refractivity contribution in [2.45, 2.75) is 26.2 Å². The molecular formula is C17H22N2O5. The van der Waals surface area contributed by atoms with Gasteiger partial charge in [0.1, 0.15) is 0 Å². The summed E-state index contributed by atoms with van der Waals surface area (Å²) in [5.41, 5.74) is 1.71. The molecule has 0 aliphatic carbocycles. The predicted octanol–water partition coefficient (Wildman–Crippen LogP) is 2.11. The van der Waals surface area contributed by atoms with Crippen molar-refractivity contribution in [2.24, 2.45) is 0 Å². The number of ether oxygens (including phenoxy) is 3. The molecule has 1 aromatic heterocycles. The molecule has 0 saturated carbocycles. The molecule has 0 bridgehead atoms. The molecule has 1 atom stereocenters. The van der Waals surface area contributed by atoms with Gasteiger partial charge in [-0.05, 0) is 31.5 Å². The van der Waals surface area contributed by atoms with Crippen LogP contribution in [0.3, 0.4) is 0 Å². The van der Waals surface area contributed by atoms with Crippen molar-refractivity contribution in [3.8, 4) is 11.5 Å². The molecule has 1 aromatic carbocycles. The van der Waals surface area contributed by atoms with Crippen LogP contribution in [0.5, 0.6) is 11.5 Å². The second-order valence-corrected chi connectivity index (χ2v) is 5.29. The van der Waals surface area contributed by atoms with Gasteiger partial charge in [-0.1, -0.05) is 6.07 Å². The standard InChI is InChI=1S/C17H22N2O5/c1-5-24-15(20)9-12(16-10(2)18-19-17(16)21)11-6-7-13(22-3)14(8-11)23-4/h6-8,12H,5,9H2,1-4H3,(H2,18,19,21)/t12-/m1/s1. The van der Waals surface area contributed by atoms with Gasteiger partial charge in [0.2, 0.25) is 0 Å². The second kappa shape index (κ2) is 7.72. The first-order chi connectivity index (χ1) is 11.5. The van der Waals surface area contributed by atoms with E-state index in [2.05, 4.69) is 10.2 Å². The van der Waals surface area contributed by atoms with Gasteiger partial charge in [0.05, 0.1) is 27.2 Å². The first-order valence-electron chi connectivity index (χ1n) is 7.66. The van der Waals surface area contributed by atoms with Crippen LogP contribution in [0.25, 0.3) is 0 Å². The van der Waals surface area contributed by atoms with Gasteiger partial charge in [0, 0.05) is 17.2 Å². The van der Waals surface area contributed by atoms with Crippen molar-refractivity contribution in [1.29, 1.82) is 0 Å². The Morgan fingerprint density at radius 3 is 2.42 bits per heavy atom. The van der Waals surface area contributed by atoms with Crippen LogP contribution in [0.4, 0.5) is 0 Å². The predicted molar refractivity (Wildman–Crippen MR) is 88.8 cm³/mol. The maximum absolute atomic E-state index is 12.2. The van der Waals surface area contributed by atoms with Gasteiger partial charge < -0.3 is 19.3 Å². The Balaban J connectivity index is 2.50. The summed E-state index contributed by atoms with van der Waals surface area (Å²) in [6.07, 6.45) is 0.0606. The van der Waals surface area contributed by atoms with E-state index in [-0.39, 0.29) is 17.9 Å². The largest absolute Gasteiger partial charge is 0.493 e. The van der Waals surface area contributed by atoms with Crippen molar-refractivity contribution < 1.29 is 19.0 Å². The number of benzene rings is 1. The number of methoxy groups -OCH3 is 2. The molecule has 0 saturated heterocycles. The Morgan fingerprint density at radius 2 is 1.88 bits per heavy atom. The SMILES string of the molecule is CCOC(=O)C[C@H](c1ccc(OC)c(OC)c1)c1c(C)[nH][nH]c1=O. The maximum atomic E-state index is 12.2. The fourth-order valence-electron chi connectivity index (χ4n) is 2.72. The monoisotopic (exact) mass is 334 g/mol.